The second-order valence-electron chi connectivity index (χ2n) is 4.23. The first-order valence-corrected chi connectivity index (χ1v) is 6.08. The Morgan fingerprint density at radius 1 is 1.57 bits per heavy atom. The van der Waals surface area contributed by atoms with Crippen LogP contribution in [0.1, 0.15) is 37.3 Å². The van der Waals surface area contributed by atoms with Crippen molar-refractivity contribution < 1.29 is 0 Å². The molecule has 0 aliphatic rings. The predicted octanol–water partition coefficient (Wildman–Crippen LogP) is 2.76. The molecule has 0 amide bonds. The number of thiazole rings is 1. The standard InChI is InChI=1S/C11H20N2S/c1-4-11(3,7-12)6-5-10-9(2)13-8-14-10/h8H,4-7,12H2,1-3H3. The lowest BCUT2D eigenvalue weighted by Crippen LogP contribution is -2.26. The summed E-state index contributed by atoms with van der Waals surface area (Å²) in [6.45, 7) is 7.34. The summed E-state index contributed by atoms with van der Waals surface area (Å²) in [5.74, 6) is 0. The second kappa shape index (κ2) is 4.89. The Balaban J connectivity index is 2.52. The van der Waals surface area contributed by atoms with E-state index in [-0.39, 0.29) is 0 Å². The van der Waals surface area contributed by atoms with E-state index in [1.54, 1.807) is 11.3 Å². The molecule has 14 heavy (non-hydrogen) atoms. The van der Waals surface area contributed by atoms with Gasteiger partial charge in [-0.25, -0.2) is 4.98 Å². The van der Waals surface area contributed by atoms with Crippen molar-refractivity contribution in [2.24, 2.45) is 11.1 Å². The van der Waals surface area contributed by atoms with Crippen LogP contribution < -0.4 is 5.73 Å². The molecule has 0 saturated heterocycles. The fourth-order valence-electron chi connectivity index (χ4n) is 1.40. The molecular weight excluding hydrogens is 192 g/mol. The van der Waals surface area contributed by atoms with E-state index in [4.69, 9.17) is 5.73 Å². The largest absolute Gasteiger partial charge is 0.330 e. The van der Waals surface area contributed by atoms with Gasteiger partial charge in [0, 0.05) is 4.88 Å². The Bertz CT molecular complexity index is 277. The first-order chi connectivity index (χ1) is 6.61. The molecule has 1 rings (SSSR count). The van der Waals surface area contributed by atoms with Crippen LogP contribution in [0.5, 0.6) is 0 Å². The summed E-state index contributed by atoms with van der Waals surface area (Å²) in [5, 5.41) is 0. The molecule has 80 valence electrons. The topological polar surface area (TPSA) is 38.9 Å². The fourth-order valence-corrected chi connectivity index (χ4v) is 2.19. The third kappa shape index (κ3) is 2.79. The predicted molar refractivity (Wildman–Crippen MR) is 62.6 cm³/mol. The molecule has 0 saturated carbocycles. The minimum absolute atomic E-state index is 0.302. The van der Waals surface area contributed by atoms with E-state index in [0.717, 1.165) is 19.4 Å². The van der Waals surface area contributed by atoms with Gasteiger partial charge in [-0.1, -0.05) is 13.8 Å². The number of hydrogen-bond acceptors (Lipinski definition) is 3. The highest BCUT2D eigenvalue weighted by molar-refractivity contribution is 7.09. The van der Waals surface area contributed by atoms with Gasteiger partial charge < -0.3 is 5.73 Å². The van der Waals surface area contributed by atoms with Gasteiger partial charge in [-0.05, 0) is 38.1 Å². The van der Waals surface area contributed by atoms with Crippen molar-refractivity contribution in [3.8, 4) is 0 Å². The smallest absolute Gasteiger partial charge is 0.0797 e. The van der Waals surface area contributed by atoms with Crippen LogP contribution in [-0.2, 0) is 6.42 Å². The minimum Gasteiger partial charge on any atom is -0.330 e. The fraction of sp³-hybridized carbons (Fsp3) is 0.727. The summed E-state index contributed by atoms with van der Waals surface area (Å²) in [6.07, 6.45) is 3.45. The molecule has 3 heteroatoms. The summed E-state index contributed by atoms with van der Waals surface area (Å²) < 4.78 is 0. The highest BCUT2D eigenvalue weighted by Gasteiger charge is 2.20. The maximum atomic E-state index is 5.78. The summed E-state index contributed by atoms with van der Waals surface area (Å²) in [7, 11) is 0. The molecule has 0 aliphatic heterocycles. The van der Waals surface area contributed by atoms with Gasteiger partial charge in [0.25, 0.3) is 0 Å². The zero-order valence-electron chi connectivity index (χ0n) is 9.34. The lowest BCUT2D eigenvalue weighted by Gasteiger charge is -2.25. The van der Waals surface area contributed by atoms with E-state index in [9.17, 15) is 0 Å². The van der Waals surface area contributed by atoms with Crippen molar-refractivity contribution in [1.29, 1.82) is 0 Å². The molecule has 2 nitrogen and oxygen atoms in total. The van der Waals surface area contributed by atoms with Gasteiger partial charge >= 0.3 is 0 Å². The van der Waals surface area contributed by atoms with Crippen LogP contribution in [0.2, 0.25) is 0 Å². The Labute approximate surface area is 90.6 Å². The van der Waals surface area contributed by atoms with E-state index in [1.165, 1.54) is 17.0 Å². The SMILES string of the molecule is CCC(C)(CN)CCc1scnc1C. The maximum Gasteiger partial charge on any atom is 0.0797 e. The van der Waals surface area contributed by atoms with Crippen molar-refractivity contribution in [2.45, 2.75) is 40.0 Å². The van der Waals surface area contributed by atoms with Crippen LogP contribution in [0, 0.1) is 12.3 Å². The van der Waals surface area contributed by atoms with Gasteiger partial charge in [-0.15, -0.1) is 11.3 Å². The summed E-state index contributed by atoms with van der Waals surface area (Å²) in [4.78, 5) is 5.67. The molecule has 0 bridgehead atoms. The van der Waals surface area contributed by atoms with Crippen molar-refractivity contribution >= 4 is 11.3 Å². The van der Waals surface area contributed by atoms with Gasteiger partial charge in [0.05, 0.1) is 11.2 Å². The maximum absolute atomic E-state index is 5.78. The van der Waals surface area contributed by atoms with Crippen LogP contribution in [0.4, 0.5) is 0 Å². The average Bonchev–Trinajstić information content (AvgIpc) is 2.61. The van der Waals surface area contributed by atoms with Gasteiger partial charge in [0.2, 0.25) is 0 Å². The van der Waals surface area contributed by atoms with Crippen molar-refractivity contribution in [1.82, 2.24) is 4.98 Å². The Morgan fingerprint density at radius 2 is 2.29 bits per heavy atom. The number of aromatic nitrogens is 1. The van der Waals surface area contributed by atoms with Gasteiger partial charge in [-0.3, -0.25) is 0 Å². The van der Waals surface area contributed by atoms with E-state index in [2.05, 4.69) is 25.8 Å². The molecule has 0 spiro atoms. The average molecular weight is 212 g/mol. The molecule has 1 unspecified atom stereocenters. The number of hydrogen-bond donors (Lipinski definition) is 1. The van der Waals surface area contributed by atoms with Crippen LogP contribution in [-0.4, -0.2) is 11.5 Å². The third-order valence-corrected chi connectivity index (χ3v) is 4.14. The van der Waals surface area contributed by atoms with Gasteiger partial charge in [0.1, 0.15) is 0 Å². The molecule has 0 aliphatic carbocycles. The summed E-state index contributed by atoms with van der Waals surface area (Å²) in [6, 6.07) is 0. The first kappa shape index (κ1) is 11.7. The molecule has 1 aromatic heterocycles. The molecule has 1 heterocycles. The van der Waals surface area contributed by atoms with Crippen molar-refractivity contribution in [3.05, 3.63) is 16.1 Å². The highest BCUT2D eigenvalue weighted by atomic mass is 32.1. The quantitative estimate of drug-likeness (QED) is 0.815. The van der Waals surface area contributed by atoms with E-state index in [0.29, 0.717) is 5.41 Å². The number of rotatable bonds is 5. The molecule has 1 atom stereocenters. The van der Waals surface area contributed by atoms with Gasteiger partial charge in [-0.2, -0.15) is 0 Å². The molecular formula is C11H20N2S. The van der Waals surface area contributed by atoms with E-state index < -0.39 is 0 Å². The third-order valence-electron chi connectivity index (χ3n) is 3.15. The number of nitrogens with zero attached hydrogens (tertiary/aromatic N) is 1. The zero-order chi connectivity index (χ0) is 10.6. The Hall–Kier alpha value is -0.410. The summed E-state index contributed by atoms with van der Waals surface area (Å²) >= 11 is 1.76. The molecule has 0 radical (unpaired) electrons. The lowest BCUT2D eigenvalue weighted by molar-refractivity contribution is 0.297. The van der Waals surface area contributed by atoms with E-state index in [1.807, 2.05) is 5.51 Å². The van der Waals surface area contributed by atoms with Crippen molar-refractivity contribution in [3.63, 3.8) is 0 Å². The summed E-state index contributed by atoms with van der Waals surface area (Å²) in [5.41, 5.74) is 9.20. The van der Waals surface area contributed by atoms with Crippen molar-refractivity contribution in [2.75, 3.05) is 6.54 Å². The number of nitrogens with two attached hydrogens (primary N) is 1. The second-order valence-corrected chi connectivity index (χ2v) is 5.17. The number of aryl methyl sites for hydroxylation is 2. The Morgan fingerprint density at radius 3 is 2.71 bits per heavy atom. The lowest BCUT2D eigenvalue weighted by atomic mass is 9.83. The van der Waals surface area contributed by atoms with Crippen LogP contribution in [0.25, 0.3) is 0 Å². The van der Waals surface area contributed by atoms with Crippen LogP contribution in [0.15, 0.2) is 5.51 Å². The minimum atomic E-state index is 0.302. The first-order valence-electron chi connectivity index (χ1n) is 5.20. The zero-order valence-corrected chi connectivity index (χ0v) is 10.2. The highest BCUT2D eigenvalue weighted by Crippen LogP contribution is 2.27. The Kier molecular flexibility index (Phi) is 4.08. The van der Waals surface area contributed by atoms with Gasteiger partial charge in [0.15, 0.2) is 0 Å². The molecule has 0 fully saturated rings. The monoisotopic (exact) mass is 212 g/mol. The van der Waals surface area contributed by atoms with Crippen LogP contribution in [0.3, 0.4) is 0 Å². The molecule has 2 N–H and O–H groups in total. The normalized spacial score (nSPS) is 15.4. The molecule has 0 aromatic carbocycles. The van der Waals surface area contributed by atoms with Crippen LogP contribution >= 0.6 is 11.3 Å². The van der Waals surface area contributed by atoms with E-state index >= 15 is 0 Å². The molecule has 1 aromatic rings.